The molecule has 6 nitrogen and oxygen atoms in total. The number of allylic oxidation sites excluding steroid dienone is 24. The van der Waals surface area contributed by atoms with Crippen LogP contribution >= 0.6 is 0 Å². The van der Waals surface area contributed by atoms with Crippen molar-refractivity contribution in [1.82, 2.24) is 0 Å². The SMILES string of the molecule is CC/C=C\C/C=C\CCCCC(=O)OCC(COC(=O)CCCCCCC\C=C/C=C\C=C/C=C\C=C/CCC)OC(=O)CCCCCCC\C=C/C=C\C=C/C=C\C=C/CCC. The molecule has 0 fully saturated rings. The zero-order chi connectivity index (χ0) is 45.8. The number of carbonyl (C=O) groups excluding carboxylic acids is 3. The van der Waals surface area contributed by atoms with Crippen molar-refractivity contribution < 1.29 is 28.6 Å². The molecule has 0 aromatic rings. The first-order chi connectivity index (χ1) is 31.0. The van der Waals surface area contributed by atoms with Crippen LogP contribution in [0.4, 0.5) is 0 Å². The molecule has 0 radical (unpaired) electrons. The van der Waals surface area contributed by atoms with Crippen LogP contribution in [0.2, 0.25) is 0 Å². The monoisotopic (exact) mass is 867 g/mol. The predicted octanol–water partition coefficient (Wildman–Crippen LogP) is 16.1. The summed E-state index contributed by atoms with van der Waals surface area (Å²) in [6.45, 7) is 6.23. The van der Waals surface area contributed by atoms with Gasteiger partial charge in [-0.15, -0.1) is 0 Å². The van der Waals surface area contributed by atoms with Crippen LogP contribution in [0.25, 0.3) is 0 Å². The molecule has 0 aromatic heterocycles. The first-order valence-corrected chi connectivity index (χ1v) is 24.5. The molecule has 0 rings (SSSR count). The fraction of sp³-hybridized carbons (Fsp3) is 0.526. The molecule has 0 bridgehead atoms. The van der Waals surface area contributed by atoms with Crippen LogP contribution in [0.1, 0.15) is 175 Å². The minimum absolute atomic E-state index is 0.119. The summed E-state index contributed by atoms with van der Waals surface area (Å²) in [6, 6.07) is 0. The van der Waals surface area contributed by atoms with Crippen molar-refractivity contribution in [2.24, 2.45) is 0 Å². The highest BCUT2D eigenvalue weighted by Crippen LogP contribution is 2.12. The maximum atomic E-state index is 12.8. The second kappa shape index (κ2) is 49.9. The van der Waals surface area contributed by atoms with Crippen LogP contribution in [0.3, 0.4) is 0 Å². The van der Waals surface area contributed by atoms with Gasteiger partial charge in [0.1, 0.15) is 13.2 Å². The van der Waals surface area contributed by atoms with Crippen LogP contribution < -0.4 is 0 Å². The van der Waals surface area contributed by atoms with Crippen LogP contribution in [0.5, 0.6) is 0 Å². The van der Waals surface area contributed by atoms with E-state index in [0.29, 0.717) is 12.8 Å². The molecule has 0 heterocycles. The normalized spacial score (nSPS) is 13.4. The fourth-order valence-electron chi connectivity index (χ4n) is 5.89. The number of esters is 3. The Labute approximate surface area is 385 Å². The summed E-state index contributed by atoms with van der Waals surface area (Å²) >= 11 is 0. The molecule has 63 heavy (non-hydrogen) atoms. The Morgan fingerprint density at radius 2 is 0.683 bits per heavy atom. The smallest absolute Gasteiger partial charge is 0.306 e. The van der Waals surface area contributed by atoms with Gasteiger partial charge in [-0.2, -0.15) is 0 Å². The first-order valence-electron chi connectivity index (χ1n) is 24.5. The van der Waals surface area contributed by atoms with E-state index >= 15 is 0 Å². The van der Waals surface area contributed by atoms with E-state index in [9.17, 15) is 14.4 Å². The highest BCUT2D eigenvalue weighted by atomic mass is 16.6. The summed E-state index contributed by atoms with van der Waals surface area (Å²) in [5.41, 5.74) is 0. The van der Waals surface area contributed by atoms with Crippen molar-refractivity contribution in [1.29, 1.82) is 0 Å². The minimum Gasteiger partial charge on any atom is -0.462 e. The summed E-state index contributed by atoms with van der Waals surface area (Å²) in [5, 5.41) is 0. The van der Waals surface area contributed by atoms with Crippen LogP contribution in [-0.4, -0.2) is 37.2 Å². The Morgan fingerprint density at radius 1 is 0.349 bits per heavy atom. The van der Waals surface area contributed by atoms with E-state index < -0.39 is 6.10 Å². The number of rotatable bonds is 41. The van der Waals surface area contributed by atoms with Crippen molar-refractivity contribution in [2.75, 3.05) is 13.2 Å². The molecule has 0 aliphatic carbocycles. The molecule has 1 unspecified atom stereocenters. The third kappa shape index (κ3) is 48.2. The van der Waals surface area contributed by atoms with Crippen molar-refractivity contribution in [3.63, 3.8) is 0 Å². The highest BCUT2D eigenvalue weighted by Gasteiger charge is 2.19. The summed E-state index contributed by atoms with van der Waals surface area (Å²) in [4.78, 5) is 37.8. The lowest BCUT2D eigenvalue weighted by molar-refractivity contribution is -0.167. The standard InChI is InChI=1S/C57H86O6/c1-4-7-10-13-16-19-21-23-25-27-29-31-33-35-38-41-44-47-50-56(59)62-53-54(52-61-55(58)49-46-43-40-37-18-15-12-9-6-3)63-57(60)51-48-45-42-39-36-34-32-30-28-26-24-22-20-17-14-11-8-5-2/h9-14,16-32,37,54H,4-8,15,33-36,38-53H2,1-3H3/b12-9-,13-10-,14-11-,19-16-,20-17-,23-21-,24-22-,27-25-,28-26-,31-29-,32-30-,37-18-. The topological polar surface area (TPSA) is 78.9 Å². The van der Waals surface area contributed by atoms with Crippen LogP contribution in [0.15, 0.2) is 146 Å². The van der Waals surface area contributed by atoms with Crippen LogP contribution in [0, 0.1) is 0 Å². The van der Waals surface area contributed by atoms with Crippen molar-refractivity contribution in [2.45, 2.75) is 181 Å². The molecule has 0 aliphatic rings. The van der Waals surface area contributed by atoms with Gasteiger partial charge in [0.25, 0.3) is 0 Å². The Morgan fingerprint density at radius 3 is 1.13 bits per heavy atom. The highest BCUT2D eigenvalue weighted by molar-refractivity contribution is 5.71. The summed E-state index contributed by atoms with van der Waals surface area (Å²) in [6.07, 6.45) is 71.1. The summed E-state index contributed by atoms with van der Waals surface area (Å²) in [5.74, 6) is -1.02. The zero-order valence-electron chi connectivity index (χ0n) is 39.8. The van der Waals surface area contributed by atoms with E-state index in [0.717, 1.165) is 122 Å². The zero-order valence-corrected chi connectivity index (χ0v) is 39.8. The second-order valence-electron chi connectivity index (χ2n) is 15.5. The molecule has 0 saturated heterocycles. The Hall–Kier alpha value is -4.71. The molecule has 0 aliphatic heterocycles. The molecular weight excluding hydrogens is 781 g/mol. The maximum Gasteiger partial charge on any atom is 0.306 e. The van der Waals surface area contributed by atoms with E-state index in [4.69, 9.17) is 14.2 Å². The van der Waals surface area contributed by atoms with E-state index in [1.54, 1.807) is 0 Å². The average Bonchev–Trinajstić information content (AvgIpc) is 3.28. The summed E-state index contributed by atoms with van der Waals surface area (Å²) < 4.78 is 16.7. The van der Waals surface area contributed by atoms with Crippen molar-refractivity contribution in [3.8, 4) is 0 Å². The van der Waals surface area contributed by atoms with Gasteiger partial charge in [0, 0.05) is 19.3 Å². The fourth-order valence-corrected chi connectivity index (χ4v) is 5.89. The molecule has 0 spiro atoms. The lowest BCUT2D eigenvalue weighted by Crippen LogP contribution is -2.30. The van der Waals surface area contributed by atoms with Gasteiger partial charge in [-0.3, -0.25) is 14.4 Å². The minimum atomic E-state index is -0.821. The largest absolute Gasteiger partial charge is 0.462 e. The molecular formula is C57H86O6. The molecule has 1 atom stereocenters. The molecule has 0 saturated carbocycles. The van der Waals surface area contributed by atoms with Crippen LogP contribution in [-0.2, 0) is 28.6 Å². The van der Waals surface area contributed by atoms with Gasteiger partial charge in [0.2, 0.25) is 0 Å². The van der Waals surface area contributed by atoms with E-state index in [1.165, 1.54) is 12.8 Å². The molecule has 0 aromatic carbocycles. The molecule has 6 heteroatoms. The van der Waals surface area contributed by atoms with E-state index in [1.807, 2.05) is 72.9 Å². The third-order valence-corrected chi connectivity index (χ3v) is 9.52. The Bertz CT molecular complexity index is 1460. The van der Waals surface area contributed by atoms with E-state index in [-0.39, 0.29) is 37.5 Å². The molecule has 0 amide bonds. The first kappa shape index (κ1) is 58.3. The number of carbonyl (C=O) groups is 3. The van der Waals surface area contributed by atoms with Gasteiger partial charge in [-0.25, -0.2) is 0 Å². The Balaban J connectivity index is 4.52. The second-order valence-corrected chi connectivity index (χ2v) is 15.5. The van der Waals surface area contributed by atoms with E-state index in [2.05, 4.69) is 93.7 Å². The lowest BCUT2D eigenvalue weighted by atomic mass is 10.1. The number of hydrogen-bond acceptors (Lipinski definition) is 6. The van der Waals surface area contributed by atoms with Crippen molar-refractivity contribution >= 4 is 17.9 Å². The van der Waals surface area contributed by atoms with Gasteiger partial charge in [-0.05, 0) is 83.5 Å². The number of hydrogen-bond donors (Lipinski definition) is 0. The number of ether oxygens (including phenoxy) is 3. The summed E-state index contributed by atoms with van der Waals surface area (Å²) in [7, 11) is 0. The van der Waals surface area contributed by atoms with Gasteiger partial charge in [0.05, 0.1) is 0 Å². The third-order valence-electron chi connectivity index (χ3n) is 9.52. The lowest BCUT2D eigenvalue weighted by Gasteiger charge is -2.18. The maximum absolute atomic E-state index is 12.8. The molecule has 350 valence electrons. The van der Waals surface area contributed by atoms with Gasteiger partial charge in [0.15, 0.2) is 6.10 Å². The average molecular weight is 867 g/mol. The molecule has 0 N–H and O–H groups in total. The Kier molecular flexibility index (Phi) is 46.2. The van der Waals surface area contributed by atoms with Gasteiger partial charge >= 0.3 is 17.9 Å². The number of unbranched alkanes of at least 4 members (excludes halogenated alkanes) is 14. The van der Waals surface area contributed by atoms with Crippen molar-refractivity contribution in [3.05, 3.63) is 146 Å². The van der Waals surface area contributed by atoms with Gasteiger partial charge < -0.3 is 14.2 Å². The van der Waals surface area contributed by atoms with Gasteiger partial charge in [-0.1, -0.05) is 218 Å². The quantitative estimate of drug-likeness (QED) is 0.0200. The predicted molar refractivity (Wildman–Crippen MR) is 269 cm³/mol.